The molecule has 3 nitrogen and oxygen atoms in total. The van der Waals surface area contributed by atoms with E-state index in [0.717, 1.165) is 11.3 Å². The van der Waals surface area contributed by atoms with Gasteiger partial charge in [-0.05, 0) is 44.0 Å². The van der Waals surface area contributed by atoms with Crippen LogP contribution in [0.5, 0.6) is 5.75 Å². The molecule has 0 amide bonds. The molecule has 2 rings (SSSR count). The van der Waals surface area contributed by atoms with Gasteiger partial charge in [-0.2, -0.15) is 0 Å². The van der Waals surface area contributed by atoms with Crippen molar-refractivity contribution in [1.82, 2.24) is 5.32 Å². The van der Waals surface area contributed by atoms with Crippen molar-refractivity contribution in [2.45, 2.75) is 32.4 Å². The highest BCUT2D eigenvalue weighted by Gasteiger charge is 2.12. The van der Waals surface area contributed by atoms with Gasteiger partial charge in [-0.15, -0.1) is 0 Å². The Morgan fingerprint density at radius 1 is 0.955 bits per heavy atom. The van der Waals surface area contributed by atoms with Crippen LogP contribution in [0.15, 0.2) is 54.6 Å². The lowest BCUT2D eigenvalue weighted by molar-refractivity contribution is 0.100. The largest absolute Gasteiger partial charge is 0.491 e. The predicted octanol–water partition coefficient (Wildman–Crippen LogP) is 3.48. The molecule has 2 aromatic carbocycles. The lowest BCUT2D eigenvalue weighted by Crippen LogP contribution is -2.42. The van der Waals surface area contributed by atoms with E-state index in [1.165, 1.54) is 5.56 Å². The molecule has 0 spiro atoms. The van der Waals surface area contributed by atoms with Crippen LogP contribution in [0.3, 0.4) is 0 Å². The first-order valence-electron chi connectivity index (χ1n) is 7.65. The van der Waals surface area contributed by atoms with Crippen molar-refractivity contribution < 1.29 is 9.84 Å². The molecule has 0 bridgehead atoms. The predicted molar refractivity (Wildman–Crippen MR) is 91.1 cm³/mol. The van der Waals surface area contributed by atoms with Crippen LogP contribution in [-0.2, 0) is 0 Å². The number of nitrogens with one attached hydrogen (secondary N) is 1. The lowest BCUT2D eigenvalue weighted by atomic mass is 10.1. The number of benzene rings is 2. The van der Waals surface area contributed by atoms with E-state index in [-0.39, 0.29) is 12.1 Å². The highest BCUT2D eigenvalue weighted by molar-refractivity contribution is 5.63. The van der Waals surface area contributed by atoms with Crippen LogP contribution in [0.1, 0.15) is 20.8 Å². The van der Waals surface area contributed by atoms with E-state index in [9.17, 15) is 5.11 Å². The molecular formula is C19H25NO2. The Morgan fingerprint density at radius 3 is 2.14 bits per heavy atom. The monoisotopic (exact) mass is 299 g/mol. The normalized spacial score (nSPS) is 12.9. The summed E-state index contributed by atoms with van der Waals surface area (Å²) < 4.78 is 5.63. The number of hydrogen-bond acceptors (Lipinski definition) is 3. The summed E-state index contributed by atoms with van der Waals surface area (Å²) in [5.41, 5.74) is 2.34. The number of aliphatic hydroxyl groups excluding tert-OH is 1. The number of aliphatic hydroxyl groups is 1. The van der Waals surface area contributed by atoms with Crippen molar-refractivity contribution in [1.29, 1.82) is 0 Å². The maximum Gasteiger partial charge on any atom is 0.119 e. The van der Waals surface area contributed by atoms with E-state index in [1.54, 1.807) is 0 Å². The van der Waals surface area contributed by atoms with Gasteiger partial charge in [-0.3, -0.25) is 0 Å². The third-order valence-electron chi connectivity index (χ3n) is 3.27. The first-order chi connectivity index (χ1) is 10.4. The molecule has 0 heterocycles. The van der Waals surface area contributed by atoms with Crippen LogP contribution in [0.4, 0.5) is 0 Å². The smallest absolute Gasteiger partial charge is 0.119 e. The second kappa shape index (κ2) is 7.43. The second-order valence-corrected chi connectivity index (χ2v) is 6.49. The third-order valence-corrected chi connectivity index (χ3v) is 3.27. The first kappa shape index (κ1) is 16.5. The molecule has 0 aliphatic rings. The quantitative estimate of drug-likeness (QED) is 0.858. The fourth-order valence-electron chi connectivity index (χ4n) is 2.05. The lowest BCUT2D eigenvalue weighted by Gasteiger charge is -2.23. The Balaban J connectivity index is 1.84. The molecule has 118 valence electrons. The Kier molecular flexibility index (Phi) is 5.58. The average Bonchev–Trinajstić information content (AvgIpc) is 2.51. The Labute approximate surface area is 133 Å². The molecule has 0 saturated carbocycles. The van der Waals surface area contributed by atoms with Gasteiger partial charge in [0.1, 0.15) is 18.5 Å². The van der Waals surface area contributed by atoms with Gasteiger partial charge in [0.05, 0.1) is 0 Å². The fraction of sp³-hybridized carbons (Fsp3) is 0.368. The molecule has 3 heteroatoms. The number of rotatable bonds is 6. The summed E-state index contributed by atoms with van der Waals surface area (Å²) in [6, 6.07) is 18.2. The van der Waals surface area contributed by atoms with Gasteiger partial charge in [0, 0.05) is 12.1 Å². The van der Waals surface area contributed by atoms with Crippen LogP contribution < -0.4 is 10.1 Å². The fourth-order valence-corrected chi connectivity index (χ4v) is 2.05. The van der Waals surface area contributed by atoms with Crippen molar-refractivity contribution in [3.05, 3.63) is 54.6 Å². The standard InChI is InChI=1S/C19H25NO2/c1-19(2,3)20-13-17(21)14-22-18-11-9-16(10-12-18)15-7-5-4-6-8-15/h4-12,17,20-21H,13-14H2,1-3H3/t17-/m0/s1. The maximum absolute atomic E-state index is 9.92. The van der Waals surface area contributed by atoms with Crippen molar-refractivity contribution >= 4 is 0 Å². The first-order valence-corrected chi connectivity index (χ1v) is 7.65. The number of hydrogen-bond donors (Lipinski definition) is 2. The summed E-state index contributed by atoms with van der Waals surface area (Å²) >= 11 is 0. The van der Waals surface area contributed by atoms with E-state index in [4.69, 9.17) is 4.74 Å². The van der Waals surface area contributed by atoms with Crippen molar-refractivity contribution in [3.63, 3.8) is 0 Å². The van der Waals surface area contributed by atoms with Crippen molar-refractivity contribution in [3.8, 4) is 16.9 Å². The summed E-state index contributed by atoms with van der Waals surface area (Å²) in [6.45, 7) is 7.02. The SMILES string of the molecule is CC(C)(C)NC[C@H](O)COc1ccc(-c2ccccc2)cc1. The topological polar surface area (TPSA) is 41.5 Å². The molecule has 2 aromatic rings. The highest BCUT2D eigenvalue weighted by atomic mass is 16.5. The Hall–Kier alpha value is -1.84. The van der Waals surface area contributed by atoms with Gasteiger partial charge in [0.15, 0.2) is 0 Å². The molecule has 22 heavy (non-hydrogen) atoms. The van der Waals surface area contributed by atoms with Gasteiger partial charge in [-0.25, -0.2) is 0 Å². The molecule has 0 aliphatic carbocycles. The molecule has 2 N–H and O–H groups in total. The molecule has 0 aromatic heterocycles. The number of β-amino-alcohol motifs (C(OH)–C–C–N with tert-alkyl or cyclic N) is 1. The molecule has 1 atom stereocenters. The van der Waals surface area contributed by atoms with Gasteiger partial charge < -0.3 is 15.2 Å². The molecule has 0 fully saturated rings. The zero-order valence-corrected chi connectivity index (χ0v) is 13.5. The summed E-state index contributed by atoms with van der Waals surface area (Å²) in [5, 5.41) is 13.2. The zero-order chi connectivity index (χ0) is 16.0. The van der Waals surface area contributed by atoms with Crippen molar-refractivity contribution in [2.24, 2.45) is 0 Å². The Morgan fingerprint density at radius 2 is 1.55 bits per heavy atom. The van der Waals surface area contributed by atoms with Crippen LogP contribution in [0.2, 0.25) is 0 Å². The van der Waals surface area contributed by atoms with Crippen LogP contribution >= 0.6 is 0 Å². The zero-order valence-electron chi connectivity index (χ0n) is 13.5. The minimum absolute atomic E-state index is 0.00167. The molecule has 0 unspecified atom stereocenters. The van der Waals surface area contributed by atoms with Gasteiger partial charge in [0.2, 0.25) is 0 Å². The van der Waals surface area contributed by atoms with Gasteiger partial charge >= 0.3 is 0 Å². The van der Waals surface area contributed by atoms with E-state index in [1.807, 2.05) is 42.5 Å². The minimum Gasteiger partial charge on any atom is -0.491 e. The Bertz CT molecular complexity index is 558. The summed E-state index contributed by atoms with van der Waals surface area (Å²) in [7, 11) is 0. The molecule has 0 radical (unpaired) electrons. The second-order valence-electron chi connectivity index (χ2n) is 6.49. The van der Waals surface area contributed by atoms with Gasteiger partial charge in [0.25, 0.3) is 0 Å². The molecular weight excluding hydrogens is 274 g/mol. The van der Waals surface area contributed by atoms with Crippen LogP contribution in [-0.4, -0.2) is 29.9 Å². The third kappa shape index (κ3) is 5.51. The average molecular weight is 299 g/mol. The summed E-state index contributed by atoms with van der Waals surface area (Å²) in [6.07, 6.45) is -0.520. The van der Waals surface area contributed by atoms with E-state index < -0.39 is 6.10 Å². The maximum atomic E-state index is 9.92. The van der Waals surface area contributed by atoms with E-state index >= 15 is 0 Å². The van der Waals surface area contributed by atoms with E-state index in [0.29, 0.717) is 6.54 Å². The van der Waals surface area contributed by atoms with Crippen molar-refractivity contribution in [2.75, 3.05) is 13.2 Å². The highest BCUT2D eigenvalue weighted by Crippen LogP contribution is 2.22. The molecule has 0 aliphatic heterocycles. The van der Waals surface area contributed by atoms with E-state index in [2.05, 4.69) is 38.2 Å². The summed E-state index contributed by atoms with van der Waals surface area (Å²) in [5.74, 6) is 0.773. The van der Waals surface area contributed by atoms with Crippen LogP contribution in [0, 0.1) is 0 Å². The van der Waals surface area contributed by atoms with Crippen LogP contribution in [0.25, 0.3) is 11.1 Å². The summed E-state index contributed by atoms with van der Waals surface area (Å²) in [4.78, 5) is 0. The molecule has 0 saturated heterocycles. The van der Waals surface area contributed by atoms with Gasteiger partial charge in [-0.1, -0.05) is 42.5 Å². The minimum atomic E-state index is -0.520. The number of ether oxygens (including phenoxy) is 1.